The second-order valence-electron chi connectivity index (χ2n) is 10.6. The highest BCUT2D eigenvalue weighted by molar-refractivity contribution is 5.87. The number of aromatic nitrogens is 6. The first-order valence-corrected chi connectivity index (χ1v) is 12.9. The normalized spacial score (nSPS) is 15.9. The third kappa shape index (κ3) is 5.86. The number of aryl methyl sites for hydroxylation is 2. The molecule has 2 N–H and O–H groups in total. The predicted octanol–water partition coefficient (Wildman–Crippen LogP) is 4.08. The molecule has 1 atom stereocenters. The number of fused-ring (bicyclic) bond motifs is 1. The first-order chi connectivity index (χ1) is 18.6. The molecule has 39 heavy (non-hydrogen) atoms. The van der Waals surface area contributed by atoms with Crippen LogP contribution in [0.15, 0.2) is 30.6 Å². The zero-order valence-corrected chi connectivity index (χ0v) is 23.1. The zero-order chi connectivity index (χ0) is 27.7. The summed E-state index contributed by atoms with van der Waals surface area (Å²) < 4.78 is 21.4. The van der Waals surface area contributed by atoms with E-state index in [4.69, 9.17) is 24.3 Å². The molecule has 0 saturated carbocycles. The standard InChI is InChI=1S/C27H34N8O4/c1-16-24-20(13-29-25(16)39-18-7-8-28-22(11-18)30-17(2)36)31-26(34(24)6)32-23-12-21(27(3,4)5)35(33-23)14-19-15-37-9-10-38-19/h7-8,11-13,19H,9-10,14-15H2,1-6H3,(H,28,30,36)(H,31,32,33)/t19-/m1/s1. The van der Waals surface area contributed by atoms with E-state index < -0.39 is 0 Å². The summed E-state index contributed by atoms with van der Waals surface area (Å²) in [7, 11) is 1.94. The molecule has 1 aliphatic heterocycles. The van der Waals surface area contributed by atoms with Crippen LogP contribution in [-0.4, -0.2) is 61.1 Å². The van der Waals surface area contributed by atoms with E-state index >= 15 is 0 Å². The third-order valence-corrected chi connectivity index (χ3v) is 6.40. The maximum Gasteiger partial charge on any atom is 0.224 e. The summed E-state index contributed by atoms with van der Waals surface area (Å²) in [6.07, 6.45) is 3.21. The zero-order valence-electron chi connectivity index (χ0n) is 23.1. The van der Waals surface area contributed by atoms with Gasteiger partial charge in [0.1, 0.15) is 23.2 Å². The Morgan fingerprint density at radius 3 is 2.74 bits per heavy atom. The molecule has 0 aliphatic carbocycles. The van der Waals surface area contributed by atoms with Crippen LogP contribution < -0.4 is 15.4 Å². The second-order valence-corrected chi connectivity index (χ2v) is 10.6. The largest absolute Gasteiger partial charge is 0.438 e. The molecule has 0 aromatic carbocycles. The van der Waals surface area contributed by atoms with Crippen LogP contribution in [-0.2, 0) is 33.3 Å². The molecular formula is C27H34N8O4. The molecule has 5 heterocycles. The maximum absolute atomic E-state index is 11.4. The minimum atomic E-state index is -0.207. The van der Waals surface area contributed by atoms with Gasteiger partial charge >= 0.3 is 0 Å². The maximum atomic E-state index is 11.4. The number of amides is 1. The second kappa shape index (κ2) is 10.6. The lowest BCUT2D eigenvalue weighted by Crippen LogP contribution is -2.34. The quantitative estimate of drug-likeness (QED) is 0.360. The van der Waals surface area contributed by atoms with Crippen molar-refractivity contribution in [3.05, 3.63) is 41.9 Å². The van der Waals surface area contributed by atoms with Gasteiger partial charge in [0.2, 0.25) is 17.7 Å². The van der Waals surface area contributed by atoms with Gasteiger partial charge in [-0.15, -0.1) is 0 Å². The van der Waals surface area contributed by atoms with E-state index in [9.17, 15) is 4.79 Å². The fourth-order valence-corrected chi connectivity index (χ4v) is 4.59. The molecule has 12 heteroatoms. The number of imidazole rings is 1. The number of hydrogen-bond acceptors (Lipinski definition) is 9. The Bertz CT molecular complexity index is 1500. The number of nitrogens with zero attached hydrogens (tertiary/aromatic N) is 6. The third-order valence-electron chi connectivity index (χ3n) is 6.40. The van der Waals surface area contributed by atoms with Crippen LogP contribution in [0.3, 0.4) is 0 Å². The van der Waals surface area contributed by atoms with Crippen molar-refractivity contribution in [2.24, 2.45) is 7.05 Å². The van der Waals surface area contributed by atoms with Crippen LogP contribution in [0.2, 0.25) is 0 Å². The Hall–Kier alpha value is -4.03. The van der Waals surface area contributed by atoms with Gasteiger partial charge < -0.3 is 29.4 Å². The minimum Gasteiger partial charge on any atom is -0.438 e. The van der Waals surface area contributed by atoms with Crippen LogP contribution in [0.4, 0.5) is 17.6 Å². The summed E-state index contributed by atoms with van der Waals surface area (Å²) in [5.41, 5.74) is 3.39. The minimum absolute atomic E-state index is 0.0368. The average Bonchev–Trinajstić information content (AvgIpc) is 3.42. The summed E-state index contributed by atoms with van der Waals surface area (Å²) in [5.74, 6) is 2.47. The highest BCUT2D eigenvalue weighted by Gasteiger charge is 2.25. The number of ether oxygens (including phenoxy) is 3. The van der Waals surface area contributed by atoms with Gasteiger partial charge in [-0.2, -0.15) is 5.10 Å². The summed E-state index contributed by atoms with van der Waals surface area (Å²) in [6, 6.07) is 5.41. The van der Waals surface area contributed by atoms with Crippen molar-refractivity contribution in [3.8, 4) is 11.6 Å². The van der Waals surface area contributed by atoms with Crippen LogP contribution in [0.5, 0.6) is 11.6 Å². The van der Waals surface area contributed by atoms with Crippen molar-refractivity contribution in [1.29, 1.82) is 0 Å². The predicted molar refractivity (Wildman–Crippen MR) is 147 cm³/mol. The Labute approximate surface area is 226 Å². The SMILES string of the molecule is CC(=O)Nc1cc(Oc2ncc3nc(Nc4cc(C(C)(C)C)n(C[C@@H]5COCCO5)n4)n(C)c3c2C)ccn1. The Kier molecular flexibility index (Phi) is 7.23. The van der Waals surface area contributed by atoms with E-state index in [1.807, 2.05) is 23.2 Å². The molecule has 4 aromatic rings. The molecule has 1 amide bonds. The number of rotatable bonds is 7. The number of carbonyl (C=O) groups excluding carboxylic acids is 1. The van der Waals surface area contributed by atoms with Crippen molar-refractivity contribution in [2.75, 3.05) is 30.5 Å². The Morgan fingerprint density at radius 1 is 1.21 bits per heavy atom. The van der Waals surface area contributed by atoms with Gasteiger partial charge in [-0.1, -0.05) is 20.8 Å². The highest BCUT2D eigenvalue weighted by Crippen LogP contribution is 2.32. The lowest BCUT2D eigenvalue weighted by molar-refractivity contribution is -0.114. The van der Waals surface area contributed by atoms with Crippen molar-refractivity contribution in [3.63, 3.8) is 0 Å². The fraction of sp³-hybridized carbons (Fsp3) is 0.444. The monoisotopic (exact) mass is 534 g/mol. The van der Waals surface area contributed by atoms with Crippen LogP contribution in [0.1, 0.15) is 39.0 Å². The number of pyridine rings is 2. The molecule has 1 aliphatic rings. The van der Waals surface area contributed by atoms with Gasteiger partial charge in [-0.05, 0) is 13.0 Å². The van der Waals surface area contributed by atoms with Crippen LogP contribution in [0, 0.1) is 6.92 Å². The van der Waals surface area contributed by atoms with Crippen LogP contribution >= 0.6 is 0 Å². The van der Waals surface area contributed by atoms with Crippen LogP contribution in [0.25, 0.3) is 11.0 Å². The average molecular weight is 535 g/mol. The first kappa shape index (κ1) is 26.6. The number of carbonyl (C=O) groups is 1. The molecule has 12 nitrogen and oxygen atoms in total. The molecule has 0 spiro atoms. The van der Waals surface area contributed by atoms with Gasteiger partial charge in [0.25, 0.3) is 0 Å². The Balaban J connectivity index is 1.41. The summed E-state index contributed by atoms with van der Waals surface area (Å²) >= 11 is 0. The summed E-state index contributed by atoms with van der Waals surface area (Å²) in [4.78, 5) is 24.8. The van der Waals surface area contributed by atoms with E-state index in [0.29, 0.717) is 55.6 Å². The fourth-order valence-electron chi connectivity index (χ4n) is 4.59. The molecule has 1 saturated heterocycles. The molecule has 0 radical (unpaired) electrons. The van der Waals surface area contributed by atoms with E-state index in [-0.39, 0.29) is 17.4 Å². The van der Waals surface area contributed by atoms with Crippen molar-refractivity contribution in [1.82, 2.24) is 29.3 Å². The molecule has 0 bridgehead atoms. The first-order valence-electron chi connectivity index (χ1n) is 12.9. The topological polar surface area (TPSA) is 130 Å². The van der Waals surface area contributed by atoms with E-state index in [0.717, 1.165) is 22.3 Å². The van der Waals surface area contributed by atoms with Gasteiger partial charge in [-0.3, -0.25) is 9.48 Å². The number of nitrogens with one attached hydrogen (secondary N) is 2. The van der Waals surface area contributed by atoms with E-state index in [2.05, 4.69) is 47.4 Å². The van der Waals surface area contributed by atoms with Gasteiger partial charge in [-0.25, -0.2) is 15.0 Å². The summed E-state index contributed by atoms with van der Waals surface area (Å²) in [5, 5.41) is 10.9. The lowest BCUT2D eigenvalue weighted by atomic mass is 9.92. The molecule has 206 valence electrons. The summed E-state index contributed by atoms with van der Waals surface area (Å²) in [6.45, 7) is 12.2. The molecule has 1 fully saturated rings. The number of hydrogen-bond donors (Lipinski definition) is 2. The smallest absolute Gasteiger partial charge is 0.224 e. The van der Waals surface area contributed by atoms with Gasteiger partial charge in [0, 0.05) is 49.0 Å². The molecule has 4 aromatic heterocycles. The van der Waals surface area contributed by atoms with Crippen molar-refractivity contribution >= 4 is 34.5 Å². The van der Waals surface area contributed by atoms with E-state index in [1.54, 1.807) is 24.5 Å². The molecule has 5 rings (SSSR count). The van der Waals surface area contributed by atoms with E-state index in [1.165, 1.54) is 6.92 Å². The molecular weight excluding hydrogens is 500 g/mol. The lowest BCUT2D eigenvalue weighted by Gasteiger charge is -2.26. The number of anilines is 3. The van der Waals surface area contributed by atoms with Crippen molar-refractivity contribution < 1.29 is 19.0 Å². The molecule has 0 unspecified atom stereocenters. The Morgan fingerprint density at radius 2 is 2.03 bits per heavy atom. The van der Waals surface area contributed by atoms with Crippen molar-refractivity contribution in [2.45, 2.75) is 52.7 Å². The van der Waals surface area contributed by atoms with Gasteiger partial charge in [0.15, 0.2) is 5.82 Å². The highest BCUT2D eigenvalue weighted by atomic mass is 16.6. The van der Waals surface area contributed by atoms with Gasteiger partial charge in [0.05, 0.1) is 38.1 Å².